The Morgan fingerprint density at radius 3 is 2.75 bits per heavy atom. The zero-order valence-electron chi connectivity index (χ0n) is 13.6. The molecule has 2 aliphatic rings. The molecule has 0 bridgehead atoms. The number of ether oxygens (including phenoxy) is 1. The number of carbonyl (C=O) groups excluding carboxylic acids is 1. The van der Waals surface area contributed by atoms with E-state index in [2.05, 4.69) is 14.8 Å². The van der Waals surface area contributed by atoms with Gasteiger partial charge >= 0.3 is 0 Å². The maximum Gasteiger partial charge on any atom is 0.286 e. The number of para-hydroxylation sites is 1. The van der Waals surface area contributed by atoms with Gasteiger partial charge in [0.2, 0.25) is 0 Å². The molecule has 0 saturated carbocycles. The Balaban J connectivity index is 1.67. The van der Waals surface area contributed by atoms with Gasteiger partial charge < -0.3 is 14.7 Å². The highest BCUT2D eigenvalue weighted by molar-refractivity contribution is 8.18. The summed E-state index contributed by atoms with van der Waals surface area (Å²) in [6, 6.07) is 7.61. The van der Waals surface area contributed by atoms with E-state index in [1.54, 1.807) is 7.11 Å². The summed E-state index contributed by atoms with van der Waals surface area (Å²) in [5, 5.41) is 9.77. The van der Waals surface area contributed by atoms with Crippen molar-refractivity contribution in [2.45, 2.75) is 0 Å². The zero-order chi connectivity index (χ0) is 16.9. The van der Waals surface area contributed by atoms with Crippen molar-refractivity contribution in [2.24, 2.45) is 4.99 Å². The highest BCUT2D eigenvalue weighted by Gasteiger charge is 2.28. The molecule has 0 spiro atoms. The van der Waals surface area contributed by atoms with Crippen LogP contribution >= 0.6 is 11.8 Å². The van der Waals surface area contributed by atoms with Gasteiger partial charge in [-0.3, -0.25) is 9.69 Å². The predicted molar refractivity (Wildman–Crippen MR) is 96.1 cm³/mol. The SMILES string of the molecule is COc1ccccc1/C=C1\SC(N2CCN(CCO)CC2)=NC1=O. The molecule has 6 nitrogen and oxygen atoms in total. The maximum atomic E-state index is 12.2. The Bertz CT molecular complexity index is 667. The summed E-state index contributed by atoms with van der Waals surface area (Å²) in [4.78, 5) is 21.4. The van der Waals surface area contributed by atoms with E-state index >= 15 is 0 Å². The van der Waals surface area contributed by atoms with Crippen molar-refractivity contribution in [3.05, 3.63) is 34.7 Å². The fraction of sp³-hybridized carbons (Fsp3) is 0.412. The smallest absolute Gasteiger partial charge is 0.286 e. The first-order valence-electron chi connectivity index (χ1n) is 7.95. The third-order valence-corrected chi connectivity index (χ3v) is 5.14. The van der Waals surface area contributed by atoms with Gasteiger partial charge in [0.25, 0.3) is 5.91 Å². The number of carbonyl (C=O) groups is 1. The standard InChI is InChI=1S/C17H21N3O3S/c1-23-14-5-3-2-4-13(14)12-15-16(22)18-17(24-15)20-8-6-19(7-9-20)10-11-21/h2-5,12,21H,6-11H2,1H3/b15-12-. The van der Waals surface area contributed by atoms with Crippen molar-refractivity contribution in [3.8, 4) is 5.75 Å². The van der Waals surface area contributed by atoms with Crippen LogP contribution in [0, 0.1) is 0 Å². The minimum Gasteiger partial charge on any atom is -0.496 e. The van der Waals surface area contributed by atoms with Gasteiger partial charge in [-0.05, 0) is 23.9 Å². The average molecular weight is 347 g/mol. The van der Waals surface area contributed by atoms with Gasteiger partial charge in [0, 0.05) is 38.3 Å². The number of hydrogen-bond acceptors (Lipinski definition) is 6. The number of methoxy groups -OCH3 is 1. The number of nitrogens with zero attached hydrogens (tertiary/aromatic N) is 3. The largest absolute Gasteiger partial charge is 0.496 e. The quantitative estimate of drug-likeness (QED) is 0.828. The lowest BCUT2D eigenvalue weighted by Crippen LogP contribution is -2.48. The number of amidine groups is 1. The van der Waals surface area contributed by atoms with Crippen LogP contribution in [0.3, 0.4) is 0 Å². The highest BCUT2D eigenvalue weighted by Crippen LogP contribution is 2.32. The average Bonchev–Trinajstić information content (AvgIpc) is 2.97. The van der Waals surface area contributed by atoms with E-state index < -0.39 is 0 Å². The molecule has 1 aromatic rings. The van der Waals surface area contributed by atoms with Gasteiger partial charge in [0.1, 0.15) is 5.75 Å². The number of benzene rings is 1. The van der Waals surface area contributed by atoms with Crippen molar-refractivity contribution < 1.29 is 14.6 Å². The van der Waals surface area contributed by atoms with Crippen LogP contribution in [-0.2, 0) is 4.79 Å². The molecule has 0 atom stereocenters. The molecule has 1 amide bonds. The third kappa shape index (κ3) is 3.80. The Morgan fingerprint density at radius 2 is 2.04 bits per heavy atom. The number of aliphatic hydroxyl groups is 1. The number of hydrogen-bond donors (Lipinski definition) is 1. The summed E-state index contributed by atoms with van der Waals surface area (Å²) >= 11 is 1.42. The molecule has 7 heteroatoms. The molecule has 2 aliphatic heterocycles. The second-order valence-corrected chi connectivity index (χ2v) is 6.61. The topological polar surface area (TPSA) is 65.4 Å². The molecule has 3 rings (SSSR count). The van der Waals surface area contributed by atoms with Crippen molar-refractivity contribution >= 4 is 28.9 Å². The minimum absolute atomic E-state index is 0.181. The van der Waals surface area contributed by atoms with Gasteiger partial charge in [0.15, 0.2) is 5.17 Å². The summed E-state index contributed by atoms with van der Waals surface area (Å²) in [7, 11) is 1.62. The molecule has 128 valence electrons. The summed E-state index contributed by atoms with van der Waals surface area (Å²) < 4.78 is 5.33. The molecule has 1 fully saturated rings. The second kappa shape index (κ2) is 7.83. The third-order valence-electron chi connectivity index (χ3n) is 4.09. The monoisotopic (exact) mass is 347 g/mol. The molecular weight excluding hydrogens is 326 g/mol. The first kappa shape index (κ1) is 17.0. The van der Waals surface area contributed by atoms with Gasteiger partial charge in [-0.15, -0.1) is 0 Å². The molecule has 24 heavy (non-hydrogen) atoms. The van der Waals surface area contributed by atoms with Crippen LogP contribution in [0.4, 0.5) is 0 Å². The van der Waals surface area contributed by atoms with Gasteiger partial charge in [0.05, 0.1) is 18.6 Å². The summed E-state index contributed by atoms with van der Waals surface area (Å²) in [5.74, 6) is 0.545. The Kier molecular flexibility index (Phi) is 5.55. The molecule has 0 aliphatic carbocycles. The number of rotatable bonds is 4. The molecule has 1 N–H and O–H groups in total. The van der Waals surface area contributed by atoms with E-state index in [0.29, 0.717) is 11.4 Å². The van der Waals surface area contributed by atoms with E-state index in [9.17, 15) is 4.79 Å². The number of aliphatic hydroxyl groups excluding tert-OH is 1. The van der Waals surface area contributed by atoms with Crippen LogP contribution < -0.4 is 4.74 Å². The molecular formula is C17H21N3O3S. The van der Waals surface area contributed by atoms with Crippen LogP contribution in [0.5, 0.6) is 5.75 Å². The van der Waals surface area contributed by atoms with Crippen molar-refractivity contribution in [1.29, 1.82) is 0 Å². The molecule has 0 unspecified atom stereocenters. The number of aliphatic imine (C=N–C) groups is 1. The van der Waals surface area contributed by atoms with Gasteiger partial charge in [-0.1, -0.05) is 18.2 Å². The van der Waals surface area contributed by atoms with E-state index in [-0.39, 0.29) is 12.5 Å². The molecule has 1 aromatic carbocycles. The van der Waals surface area contributed by atoms with Crippen LogP contribution in [0.25, 0.3) is 6.08 Å². The number of piperazine rings is 1. The van der Waals surface area contributed by atoms with Gasteiger partial charge in [-0.25, -0.2) is 0 Å². The lowest BCUT2D eigenvalue weighted by atomic mass is 10.2. The lowest BCUT2D eigenvalue weighted by Gasteiger charge is -2.34. The Labute approximate surface area is 145 Å². The van der Waals surface area contributed by atoms with E-state index in [0.717, 1.165) is 42.7 Å². The van der Waals surface area contributed by atoms with Gasteiger partial charge in [-0.2, -0.15) is 4.99 Å². The fourth-order valence-corrected chi connectivity index (χ4v) is 3.72. The lowest BCUT2D eigenvalue weighted by molar-refractivity contribution is -0.113. The predicted octanol–water partition coefficient (Wildman–Crippen LogP) is 1.28. The minimum atomic E-state index is -0.196. The highest BCUT2D eigenvalue weighted by atomic mass is 32.2. The first-order valence-corrected chi connectivity index (χ1v) is 8.76. The Hall–Kier alpha value is -1.83. The van der Waals surface area contributed by atoms with Crippen LogP contribution in [0.1, 0.15) is 5.56 Å². The van der Waals surface area contributed by atoms with E-state index in [1.165, 1.54) is 11.8 Å². The van der Waals surface area contributed by atoms with E-state index in [4.69, 9.17) is 9.84 Å². The van der Waals surface area contributed by atoms with E-state index in [1.807, 2.05) is 30.3 Å². The van der Waals surface area contributed by atoms with Crippen molar-refractivity contribution in [2.75, 3.05) is 46.4 Å². The molecule has 0 radical (unpaired) electrons. The summed E-state index contributed by atoms with van der Waals surface area (Å²) in [5.41, 5.74) is 0.875. The second-order valence-electron chi connectivity index (χ2n) is 5.60. The number of β-amino-alcohol motifs (C(OH)–C–C–N with tert-alkyl or cyclic N) is 1. The van der Waals surface area contributed by atoms with Crippen LogP contribution in [-0.4, -0.2) is 72.4 Å². The zero-order valence-corrected chi connectivity index (χ0v) is 14.5. The molecule has 0 aromatic heterocycles. The molecule has 2 heterocycles. The summed E-state index contributed by atoms with van der Waals surface area (Å²) in [6.07, 6.45) is 1.84. The Morgan fingerprint density at radius 1 is 1.29 bits per heavy atom. The number of thioether (sulfide) groups is 1. The maximum absolute atomic E-state index is 12.2. The van der Waals surface area contributed by atoms with Crippen LogP contribution in [0.15, 0.2) is 34.2 Å². The normalized spacial score (nSPS) is 20.6. The molecule has 1 saturated heterocycles. The summed E-state index contributed by atoms with van der Waals surface area (Å²) in [6.45, 7) is 4.27. The van der Waals surface area contributed by atoms with Crippen molar-refractivity contribution in [3.63, 3.8) is 0 Å². The van der Waals surface area contributed by atoms with Crippen LogP contribution in [0.2, 0.25) is 0 Å². The fourth-order valence-electron chi connectivity index (χ4n) is 2.76. The van der Waals surface area contributed by atoms with Crippen molar-refractivity contribution in [1.82, 2.24) is 9.80 Å². The number of amides is 1. The first-order chi connectivity index (χ1) is 11.7.